The first-order valence-electron chi connectivity index (χ1n) is 9.43. The van der Waals surface area contributed by atoms with Crippen LogP contribution in [0.25, 0.3) is 0 Å². The Morgan fingerprint density at radius 3 is 2.31 bits per heavy atom. The molecule has 1 unspecified atom stereocenters. The summed E-state index contributed by atoms with van der Waals surface area (Å²) in [4.78, 5) is 23.6. The monoisotopic (exact) mass is 475 g/mol. The highest BCUT2D eigenvalue weighted by Gasteiger charge is 2.20. The molecule has 0 spiro atoms. The molecule has 0 aliphatic carbocycles. The second kappa shape index (κ2) is 9.79. The fourth-order valence-corrected chi connectivity index (χ4v) is 4.27. The van der Waals surface area contributed by atoms with Gasteiger partial charge in [-0.2, -0.15) is 4.37 Å². The number of hydrogen-bond acceptors (Lipinski definition) is 8. The molecule has 0 amide bonds. The Morgan fingerprint density at radius 2 is 1.75 bits per heavy atom. The van der Waals surface area contributed by atoms with Gasteiger partial charge >= 0.3 is 11.9 Å². The van der Waals surface area contributed by atoms with Crippen molar-refractivity contribution in [3.8, 4) is 0 Å². The number of carbonyl (C=O) groups is 2. The summed E-state index contributed by atoms with van der Waals surface area (Å²) < 4.78 is 36.8. The lowest BCUT2D eigenvalue weighted by atomic mass is 10.1. The predicted octanol–water partition coefficient (Wildman–Crippen LogP) is 3.69. The van der Waals surface area contributed by atoms with Gasteiger partial charge in [-0.1, -0.05) is 29.8 Å². The number of carboxylic acid groups (broad SMARTS) is 1. The number of aromatic nitrogens is 1. The summed E-state index contributed by atoms with van der Waals surface area (Å²) in [6.45, 7) is 3.73. The Morgan fingerprint density at radius 1 is 1.09 bits per heavy atom. The Kier molecular flexibility index (Phi) is 7.11. The number of ether oxygens (including phenoxy) is 1. The largest absolute Gasteiger partial charge is 0.481 e. The molecule has 11 heteroatoms. The van der Waals surface area contributed by atoms with Crippen molar-refractivity contribution in [2.45, 2.75) is 31.4 Å². The van der Waals surface area contributed by atoms with Gasteiger partial charge in [0, 0.05) is 16.1 Å². The SMILES string of the molecule is Cc1ccc(C(Nc2ccc(S(=O)(=O)Nc3cc(C)sn3)cc2)OC(=O)CC(=O)O)cc1. The number of esters is 1. The van der Waals surface area contributed by atoms with Crippen LogP contribution in [0.15, 0.2) is 59.5 Å². The summed E-state index contributed by atoms with van der Waals surface area (Å²) in [5.74, 6) is -1.95. The summed E-state index contributed by atoms with van der Waals surface area (Å²) in [7, 11) is -3.82. The number of rotatable bonds is 9. The van der Waals surface area contributed by atoms with Crippen molar-refractivity contribution in [2.24, 2.45) is 0 Å². The Balaban J connectivity index is 1.77. The van der Waals surface area contributed by atoms with Crippen molar-refractivity contribution in [3.63, 3.8) is 0 Å². The van der Waals surface area contributed by atoms with E-state index in [0.717, 1.165) is 10.4 Å². The molecular formula is C21H21N3O6S2. The number of aliphatic carboxylic acids is 1. The van der Waals surface area contributed by atoms with E-state index in [1.807, 2.05) is 26.0 Å². The van der Waals surface area contributed by atoms with Gasteiger partial charge in [-0.3, -0.25) is 14.3 Å². The molecule has 32 heavy (non-hydrogen) atoms. The Bertz CT molecular complexity index is 1210. The molecular weight excluding hydrogens is 454 g/mol. The van der Waals surface area contributed by atoms with E-state index < -0.39 is 34.6 Å². The van der Waals surface area contributed by atoms with Gasteiger partial charge in [0.05, 0.1) is 4.90 Å². The average molecular weight is 476 g/mol. The summed E-state index contributed by atoms with van der Waals surface area (Å²) in [6, 6.07) is 14.6. The summed E-state index contributed by atoms with van der Waals surface area (Å²) in [5, 5.41) is 11.8. The highest BCUT2D eigenvalue weighted by Crippen LogP contribution is 2.24. The van der Waals surface area contributed by atoms with Crippen LogP contribution >= 0.6 is 11.5 Å². The van der Waals surface area contributed by atoms with E-state index in [2.05, 4.69) is 14.4 Å². The normalized spacial score (nSPS) is 12.1. The first-order chi connectivity index (χ1) is 15.1. The van der Waals surface area contributed by atoms with Crippen LogP contribution in [0, 0.1) is 13.8 Å². The van der Waals surface area contributed by atoms with Gasteiger partial charge in [-0.15, -0.1) is 0 Å². The predicted molar refractivity (Wildman–Crippen MR) is 120 cm³/mol. The lowest BCUT2D eigenvalue weighted by Gasteiger charge is -2.21. The number of carbonyl (C=O) groups excluding carboxylic acids is 1. The maximum Gasteiger partial charge on any atom is 0.319 e. The quantitative estimate of drug-likeness (QED) is 0.242. The van der Waals surface area contributed by atoms with Crippen LogP contribution in [0.1, 0.15) is 28.7 Å². The van der Waals surface area contributed by atoms with Gasteiger partial charge in [0.2, 0.25) is 0 Å². The van der Waals surface area contributed by atoms with Crippen LogP contribution in [0.5, 0.6) is 0 Å². The van der Waals surface area contributed by atoms with E-state index in [1.54, 1.807) is 18.2 Å². The minimum absolute atomic E-state index is 0.0310. The van der Waals surface area contributed by atoms with Crippen LogP contribution in [0.4, 0.5) is 11.5 Å². The first-order valence-corrected chi connectivity index (χ1v) is 11.7. The second-order valence-corrected chi connectivity index (χ2v) is 9.64. The summed E-state index contributed by atoms with van der Waals surface area (Å²) in [5.41, 5.74) is 2.08. The minimum atomic E-state index is -3.82. The number of carboxylic acids is 1. The van der Waals surface area contributed by atoms with Crippen LogP contribution in [-0.2, 0) is 24.3 Å². The Labute approximate surface area is 189 Å². The van der Waals surface area contributed by atoms with E-state index in [0.29, 0.717) is 11.3 Å². The van der Waals surface area contributed by atoms with Gasteiger partial charge in [-0.05, 0) is 55.7 Å². The summed E-state index contributed by atoms with van der Waals surface area (Å²) in [6.07, 6.45) is -1.73. The number of aryl methyl sites for hydroxylation is 2. The summed E-state index contributed by atoms with van der Waals surface area (Å²) >= 11 is 1.19. The van der Waals surface area contributed by atoms with Crippen molar-refractivity contribution in [3.05, 3.63) is 70.6 Å². The van der Waals surface area contributed by atoms with Gasteiger partial charge in [0.25, 0.3) is 10.0 Å². The standard InChI is InChI=1S/C21H21N3O6S2/c1-13-3-5-15(6-4-13)21(30-20(27)12-19(25)26)22-16-7-9-17(10-8-16)32(28,29)24-18-11-14(2)31-23-18/h3-11,21-22H,12H2,1-2H3,(H,23,24)(H,25,26). The highest BCUT2D eigenvalue weighted by molar-refractivity contribution is 7.92. The van der Waals surface area contributed by atoms with E-state index in [4.69, 9.17) is 9.84 Å². The third-order valence-electron chi connectivity index (χ3n) is 4.25. The molecule has 1 aromatic heterocycles. The maximum atomic E-state index is 12.6. The molecule has 1 heterocycles. The molecule has 0 aliphatic rings. The van der Waals surface area contributed by atoms with E-state index >= 15 is 0 Å². The van der Waals surface area contributed by atoms with E-state index in [9.17, 15) is 18.0 Å². The minimum Gasteiger partial charge on any atom is -0.481 e. The maximum absolute atomic E-state index is 12.6. The average Bonchev–Trinajstić information content (AvgIpc) is 3.11. The molecule has 3 rings (SSSR count). The number of nitrogens with zero attached hydrogens (tertiary/aromatic N) is 1. The Hall–Kier alpha value is -3.44. The van der Waals surface area contributed by atoms with E-state index in [-0.39, 0.29) is 10.7 Å². The van der Waals surface area contributed by atoms with Crippen LogP contribution in [0.2, 0.25) is 0 Å². The first kappa shape index (κ1) is 23.2. The molecule has 9 nitrogen and oxygen atoms in total. The van der Waals surface area contributed by atoms with Gasteiger partial charge in [-0.25, -0.2) is 8.42 Å². The number of anilines is 2. The molecule has 0 radical (unpaired) electrons. The van der Waals surface area contributed by atoms with Crippen molar-refractivity contribution >= 4 is 45.0 Å². The molecule has 0 saturated heterocycles. The highest BCUT2D eigenvalue weighted by atomic mass is 32.2. The topological polar surface area (TPSA) is 135 Å². The van der Waals surface area contributed by atoms with Crippen molar-refractivity contribution < 1.29 is 27.9 Å². The number of hydrogen-bond donors (Lipinski definition) is 3. The van der Waals surface area contributed by atoms with Crippen molar-refractivity contribution in [2.75, 3.05) is 10.0 Å². The van der Waals surface area contributed by atoms with Crippen molar-refractivity contribution in [1.29, 1.82) is 0 Å². The second-order valence-electron chi connectivity index (χ2n) is 6.95. The zero-order valence-corrected chi connectivity index (χ0v) is 18.9. The van der Waals surface area contributed by atoms with Crippen LogP contribution in [0.3, 0.4) is 0 Å². The van der Waals surface area contributed by atoms with Gasteiger partial charge < -0.3 is 15.2 Å². The number of sulfonamides is 1. The van der Waals surface area contributed by atoms with Crippen LogP contribution in [-0.4, -0.2) is 29.8 Å². The zero-order valence-electron chi connectivity index (χ0n) is 17.2. The van der Waals surface area contributed by atoms with Gasteiger partial charge in [0.1, 0.15) is 6.42 Å². The fourth-order valence-electron chi connectivity index (χ4n) is 2.71. The lowest BCUT2D eigenvalue weighted by molar-refractivity contribution is -0.154. The molecule has 0 bridgehead atoms. The van der Waals surface area contributed by atoms with Crippen LogP contribution < -0.4 is 10.0 Å². The molecule has 1 atom stereocenters. The van der Waals surface area contributed by atoms with E-state index in [1.165, 1.54) is 35.8 Å². The molecule has 0 fully saturated rings. The smallest absolute Gasteiger partial charge is 0.319 e. The number of benzene rings is 2. The molecule has 3 aromatic rings. The van der Waals surface area contributed by atoms with Crippen molar-refractivity contribution in [1.82, 2.24) is 4.37 Å². The zero-order chi connectivity index (χ0) is 23.3. The lowest BCUT2D eigenvalue weighted by Crippen LogP contribution is -2.20. The molecule has 3 N–H and O–H groups in total. The molecule has 2 aromatic carbocycles. The molecule has 0 saturated carbocycles. The molecule has 168 valence electrons. The third-order valence-corrected chi connectivity index (χ3v) is 6.32. The third kappa shape index (κ3) is 6.28. The number of nitrogens with one attached hydrogen (secondary N) is 2. The molecule has 0 aliphatic heterocycles. The fraction of sp³-hybridized carbons (Fsp3) is 0.190. The van der Waals surface area contributed by atoms with Gasteiger partial charge in [0.15, 0.2) is 12.0 Å².